The number of hydrogen-bond donors (Lipinski definition) is 2. The Morgan fingerprint density at radius 2 is 2.16 bits per heavy atom. The van der Waals surface area contributed by atoms with Crippen LogP contribution in [0.3, 0.4) is 0 Å². The molecule has 1 saturated carbocycles. The summed E-state index contributed by atoms with van der Waals surface area (Å²) in [5.41, 5.74) is 3.25. The fourth-order valence-corrected chi connectivity index (χ4v) is 5.57. The molecule has 1 aromatic carbocycles. The van der Waals surface area contributed by atoms with Gasteiger partial charge in [0.15, 0.2) is 0 Å². The molecule has 7 heteroatoms. The molecule has 7 nitrogen and oxygen atoms in total. The number of rotatable bonds is 3. The first kappa shape index (κ1) is 21.7. The molecule has 2 heterocycles. The molecule has 0 saturated heterocycles. The molecule has 4 rings (SSSR count). The second kappa shape index (κ2) is 9.29. The zero-order valence-electron chi connectivity index (χ0n) is 18.2. The van der Waals surface area contributed by atoms with Crippen molar-refractivity contribution in [2.45, 2.75) is 44.8 Å². The van der Waals surface area contributed by atoms with Gasteiger partial charge in [0.25, 0.3) is 0 Å². The normalized spacial score (nSPS) is 29.0. The van der Waals surface area contributed by atoms with Crippen molar-refractivity contribution in [3.8, 4) is 0 Å². The van der Waals surface area contributed by atoms with Gasteiger partial charge in [0.2, 0.25) is 0 Å². The Kier molecular flexibility index (Phi) is 6.49. The average Bonchev–Trinajstić information content (AvgIpc) is 3.15. The van der Waals surface area contributed by atoms with Crippen LogP contribution in [0.5, 0.6) is 0 Å². The van der Waals surface area contributed by atoms with E-state index in [2.05, 4.69) is 22.1 Å². The summed E-state index contributed by atoms with van der Waals surface area (Å²) in [6, 6.07) is 8.19. The summed E-state index contributed by atoms with van der Waals surface area (Å²) in [4.78, 5) is 20.0. The van der Waals surface area contributed by atoms with Gasteiger partial charge in [-0.3, -0.25) is 4.79 Å². The predicted molar refractivity (Wildman–Crippen MR) is 117 cm³/mol. The van der Waals surface area contributed by atoms with E-state index in [0.717, 1.165) is 29.4 Å². The van der Waals surface area contributed by atoms with Gasteiger partial charge in [-0.2, -0.15) is 11.5 Å². The third kappa shape index (κ3) is 4.15. The first-order valence-corrected chi connectivity index (χ1v) is 11.2. The second-order valence-corrected chi connectivity index (χ2v) is 8.62. The Morgan fingerprint density at radius 3 is 2.90 bits per heavy atom. The minimum Gasteiger partial charge on any atom is -0.469 e. The highest BCUT2D eigenvalue weighted by molar-refractivity contribution is 5.84. The van der Waals surface area contributed by atoms with Gasteiger partial charge in [0, 0.05) is 23.2 Å². The number of H-pyrrole nitrogens is 1. The highest BCUT2D eigenvalue weighted by Crippen LogP contribution is 2.44. The summed E-state index contributed by atoms with van der Waals surface area (Å²) in [5.74, 6) is -0.989. The number of aromatic nitrogens is 1. The number of aromatic amines is 1. The van der Waals surface area contributed by atoms with E-state index < -0.39 is 12.0 Å². The lowest BCUT2D eigenvalue weighted by atomic mass is 9.67. The van der Waals surface area contributed by atoms with Crippen molar-refractivity contribution in [3.05, 3.63) is 47.0 Å². The zero-order valence-corrected chi connectivity index (χ0v) is 18.2. The minimum absolute atomic E-state index is 0.121. The smallest absolute Gasteiger partial charge is 0.311 e. The fraction of sp³-hybridized carbons (Fsp3) is 0.583. The van der Waals surface area contributed by atoms with Crippen LogP contribution in [0.1, 0.15) is 43.5 Å². The Hall–Kier alpha value is -2.56. The third-order valence-electron chi connectivity index (χ3n) is 7.02. The Morgan fingerprint density at radius 1 is 1.35 bits per heavy atom. The number of aliphatic hydroxyl groups excluding tert-OH is 1. The lowest BCUT2D eigenvalue weighted by molar-refractivity contribution is -0.158. The molecule has 2 N–H and O–H groups in total. The van der Waals surface area contributed by atoms with Gasteiger partial charge in [-0.25, -0.2) is 0 Å². The number of para-hydroxylation sites is 1. The number of esters is 1. The largest absolute Gasteiger partial charge is 0.469 e. The highest BCUT2D eigenvalue weighted by Gasteiger charge is 2.46. The van der Waals surface area contributed by atoms with Gasteiger partial charge < -0.3 is 19.6 Å². The zero-order chi connectivity index (χ0) is 22.0. The van der Waals surface area contributed by atoms with E-state index in [1.165, 1.54) is 12.7 Å². The van der Waals surface area contributed by atoms with Crippen LogP contribution in [-0.2, 0) is 20.7 Å². The summed E-state index contributed by atoms with van der Waals surface area (Å²) < 4.78 is 11.3. The number of carbonyl (C=O) groups excluding carboxylic acids is 1. The summed E-state index contributed by atoms with van der Waals surface area (Å²) in [5, 5.41) is 13.7. The average molecular weight is 426 g/mol. The van der Waals surface area contributed by atoms with Crippen LogP contribution in [0, 0.1) is 24.3 Å². The molecule has 0 spiro atoms. The van der Waals surface area contributed by atoms with E-state index in [9.17, 15) is 9.90 Å². The number of methoxy groups -OCH3 is 1. The Bertz CT molecular complexity index is 965. The number of benzene rings is 1. The molecule has 0 radical (unpaired) electrons. The first-order valence-electron chi connectivity index (χ1n) is 11.2. The summed E-state index contributed by atoms with van der Waals surface area (Å²) in [6.45, 7) is 11.4. The number of nitrogens with zero attached hydrogens (tertiary/aromatic N) is 2. The number of ether oxygens (including phenoxy) is 2. The molecule has 0 amide bonds. The number of fused-ring (bicyclic) bond motifs is 4. The second-order valence-electron chi connectivity index (χ2n) is 8.62. The minimum atomic E-state index is -0.734. The number of nitrogens with one attached hydrogen (secondary N) is 1. The quantitative estimate of drug-likeness (QED) is 0.581. The molecular formula is C24H31N3O4. The van der Waals surface area contributed by atoms with Gasteiger partial charge in [0.1, 0.15) is 0 Å². The maximum absolute atomic E-state index is 12.7. The van der Waals surface area contributed by atoms with Gasteiger partial charge in [0.05, 0.1) is 38.3 Å². The molecule has 166 valence electrons. The van der Waals surface area contributed by atoms with Crippen LogP contribution in [0.2, 0.25) is 0 Å². The molecular weight excluding hydrogens is 394 g/mol. The molecule has 1 fully saturated rings. The van der Waals surface area contributed by atoms with E-state index >= 15 is 0 Å². The van der Waals surface area contributed by atoms with Gasteiger partial charge in [-0.05, 0) is 56.1 Å². The van der Waals surface area contributed by atoms with Crippen LogP contribution >= 0.6 is 0 Å². The summed E-state index contributed by atoms with van der Waals surface area (Å²) in [7, 11) is 1.38. The van der Waals surface area contributed by atoms with Crippen molar-refractivity contribution in [2.75, 3.05) is 26.8 Å². The molecule has 2 aromatic rings. The fourth-order valence-electron chi connectivity index (χ4n) is 5.57. The van der Waals surface area contributed by atoms with Gasteiger partial charge >= 0.3 is 5.97 Å². The number of aliphatic hydroxyl groups is 1. The SMILES string of the molecule is [C-]#[N+]N1CCc2c([nH]c3ccccc23)[C@H](OCC)C[C@H]2[C@@H](CC[C@H](O)[C@@H]2C(=O)OC)C1. The lowest BCUT2D eigenvalue weighted by Gasteiger charge is -2.41. The maximum atomic E-state index is 12.7. The van der Waals surface area contributed by atoms with Crippen LogP contribution in [0.15, 0.2) is 24.3 Å². The molecule has 1 aliphatic heterocycles. The number of hydrogen-bond acceptors (Lipinski definition) is 5. The van der Waals surface area contributed by atoms with Crippen molar-refractivity contribution >= 4 is 16.9 Å². The van der Waals surface area contributed by atoms with Crippen molar-refractivity contribution < 1.29 is 19.4 Å². The molecule has 0 unspecified atom stereocenters. The van der Waals surface area contributed by atoms with Crippen LogP contribution < -0.4 is 0 Å². The van der Waals surface area contributed by atoms with Crippen molar-refractivity contribution in [2.24, 2.45) is 17.8 Å². The van der Waals surface area contributed by atoms with Crippen molar-refractivity contribution in [1.82, 2.24) is 9.99 Å². The first-order chi connectivity index (χ1) is 15.1. The lowest BCUT2D eigenvalue weighted by Crippen LogP contribution is -2.47. The Labute approximate surface area is 183 Å². The third-order valence-corrected chi connectivity index (χ3v) is 7.02. The van der Waals surface area contributed by atoms with Crippen molar-refractivity contribution in [1.29, 1.82) is 0 Å². The highest BCUT2D eigenvalue weighted by atomic mass is 16.5. The predicted octanol–water partition coefficient (Wildman–Crippen LogP) is 3.50. The standard InChI is InChI=1S/C24H31N3O4/c1-4-31-21-13-18-15(9-10-20(28)22(18)24(29)30-3)14-27(25-2)12-11-17-16-7-5-6-8-19(16)26-23(17)21/h5-8,15,18,20-22,26,28H,4,9-14H2,1,3H3/t15-,18-,20-,21+,22+/m0/s1. The topological polar surface area (TPSA) is 79.2 Å². The van der Waals surface area contributed by atoms with Crippen molar-refractivity contribution in [3.63, 3.8) is 0 Å². The monoisotopic (exact) mass is 425 g/mol. The van der Waals surface area contributed by atoms with E-state index in [4.69, 9.17) is 16.0 Å². The molecule has 0 bridgehead atoms. The van der Waals surface area contributed by atoms with Crippen LogP contribution in [-0.4, -0.2) is 54.0 Å². The summed E-state index contributed by atoms with van der Waals surface area (Å²) >= 11 is 0. The van der Waals surface area contributed by atoms with Gasteiger partial charge in [-0.15, -0.1) is 5.01 Å². The van der Waals surface area contributed by atoms with E-state index in [1.807, 2.05) is 19.1 Å². The Balaban J connectivity index is 1.81. The van der Waals surface area contributed by atoms with Crippen LogP contribution in [0.4, 0.5) is 0 Å². The van der Waals surface area contributed by atoms with Crippen LogP contribution in [0.25, 0.3) is 15.9 Å². The molecule has 2 aliphatic rings. The summed E-state index contributed by atoms with van der Waals surface area (Å²) in [6.07, 6.45) is 1.74. The van der Waals surface area contributed by atoms with E-state index in [0.29, 0.717) is 32.5 Å². The molecule has 1 aromatic heterocycles. The van der Waals surface area contributed by atoms with E-state index in [1.54, 1.807) is 5.01 Å². The van der Waals surface area contributed by atoms with E-state index in [-0.39, 0.29) is 23.9 Å². The molecule has 31 heavy (non-hydrogen) atoms. The maximum Gasteiger partial charge on any atom is 0.311 e. The molecule has 1 aliphatic carbocycles. The molecule has 5 atom stereocenters. The number of carbonyl (C=O) groups is 1. The van der Waals surface area contributed by atoms with Gasteiger partial charge in [-0.1, -0.05) is 18.2 Å².